The highest BCUT2D eigenvalue weighted by atomic mass is 79.9. The Morgan fingerprint density at radius 2 is 2.10 bits per heavy atom. The first-order chi connectivity index (χ1) is 9.61. The lowest BCUT2D eigenvalue weighted by atomic mass is 9.96. The summed E-state index contributed by atoms with van der Waals surface area (Å²) in [5.74, 6) is 1.10. The second-order valence-corrected chi connectivity index (χ2v) is 7.10. The smallest absolute Gasteiger partial charge is 0.103 e. The van der Waals surface area contributed by atoms with Gasteiger partial charge in [-0.25, -0.2) is 0 Å². The zero-order chi connectivity index (χ0) is 14.8. The first-order valence-electron chi connectivity index (χ1n) is 7.15. The van der Waals surface area contributed by atoms with Gasteiger partial charge in [-0.05, 0) is 73.0 Å². The number of unbranched alkanes of at least 4 members (excludes halogenated alkanes) is 1. The zero-order valence-corrected chi connectivity index (χ0v) is 14.7. The summed E-state index contributed by atoms with van der Waals surface area (Å²) < 4.78 is 1.16. The van der Waals surface area contributed by atoms with Gasteiger partial charge in [-0.2, -0.15) is 5.26 Å². The van der Waals surface area contributed by atoms with Crippen molar-refractivity contribution in [2.45, 2.75) is 50.0 Å². The van der Waals surface area contributed by atoms with E-state index in [0.29, 0.717) is 0 Å². The van der Waals surface area contributed by atoms with Crippen LogP contribution in [0.3, 0.4) is 0 Å². The third kappa shape index (κ3) is 6.30. The van der Waals surface area contributed by atoms with E-state index in [4.69, 9.17) is 0 Å². The Morgan fingerprint density at radius 3 is 2.75 bits per heavy atom. The van der Waals surface area contributed by atoms with E-state index in [1.54, 1.807) is 0 Å². The van der Waals surface area contributed by atoms with Crippen LogP contribution in [0.25, 0.3) is 0 Å². The van der Waals surface area contributed by atoms with Crippen LogP contribution in [0.2, 0.25) is 0 Å². The monoisotopic (exact) mass is 354 g/mol. The minimum atomic E-state index is -0.367. The molecule has 0 aliphatic heterocycles. The highest BCUT2D eigenvalue weighted by Crippen LogP contribution is 2.28. The molecule has 0 saturated carbocycles. The number of nitrogens with zero attached hydrogens (tertiary/aromatic N) is 1. The first kappa shape index (κ1) is 17.6. The molecule has 0 aliphatic carbocycles. The van der Waals surface area contributed by atoms with Crippen LogP contribution in [0.1, 0.15) is 39.5 Å². The number of thioether (sulfide) groups is 1. The quantitative estimate of drug-likeness (QED) is 0.501. The molecular weight excluding hydrogens is 332 g/mol. The summed E-state index contributed by atoms with van der Waals surface area (Å²) in [7, 11) is 0. The molecule has 0 aliphatic rings. The molecule has 0 heterocycles. The third-order valence-corrected chi connectivity index (χ3v) is 5.29. The fraction of sp³-hybridized carbons (Fsp3) is 0.562. The number of rotatable bonds is 9. The predicted octanol–water partition coefficient (Wildman–Crippen LogP) is 4.99. The molecule has 1 unspecified atom stereocenters. The van der Waals surface area contributed by atoms with Crippen LogP contribution >= 0.6 is 27.7 Å². The van der Waals surface area contributed by atoms with E-state index in [-0.39, 0.29) is 5.54 Å². The lowest BCUT2D eigenvalue weighted by molar-refractivity contribution is 0.406. The standard InChI is InChI=1S/C16H23BrN2S/c1-3-11-19-16(2,13-18)10-6-7-12-20-15-9-5-4-8-14(15)17/h4-5,8-9,19H,3,6-7,10-12H2,1-2H3. The highest BCUT2D eigenvalue weighted by Gasteiger charge is 2.21. The van der Waals surface area contributed by atoms with E-state index in [9.17, 15) is 5.26 Å². The summed E-state index contributed by atoms with van der Waals surface area (Å²) in [5, 5.41) is 12.6. The Balaban J connectivity index is 2.25. The molecule has 1 aromatic rings. The van der Waals surface area contributed by atoms with Gasteiger partial charge in [0.1, 0.15) is 5.54 Å². The Hall–Kier alpha value is -0.500. The Bertz CT molecular complexity index is 444. The summed E-state index contributed by atoms with van der Waals surface area (Å²) in [4.78, 5) is 1.29. The van der Waals surface area contributed by atoms with Crippen LogP contribution in [0.15, 0.2) is 33.6 Å². The van der Waals surface area contributed by atoms with Crippen molar-refractivity contribution in [3.05, 3.63) is 28.7 Å². The van der Waals surface area contributed by atoms with E-state index >= 15 is 0 Å². The van der Waals surface area contributed by atoms with Crippen molar-refractivity contribution in [3.8, 4) is 6.07 Å². The van der Waals surface area contributed by atoms with Crippen LogP contribution in [0, 0.1) is 11.3 Å². The molecule has 0 saturated heterocycles. The fourth-order valence-corrected chi connectivity index (χ4v) is 3.49. The zero-order valence-electron chi connectivity index (χ0n) is 12.3. The van der Waals surface area contributed by atoms with Crippen molar-refractivity contribution in [3.63, 3.8) is 0 Å². The Labute approximate surface area is 135 Å². The summed E-state index contributed by atoms with van der Waals surface area (Å²) >= 11 is 5.44. The van der Waals surface area contributed by atoms with Gasteiger partial charge >= 0.3 is 0 Å². The maximum absolute atomic E-state index is 9.26. The second-order valence-electron chi connectivity index (χ2n) is 5.11. The highest BCUT2D eigenvalue weighted by molar-refractivity contribution is 9.10. The summed E-state index contributed by atoms with van der Waals surface area (Å²) in [6.07, 6.45) is 4.20. The molecule has 0 fully saturated rings. The van der Waals surface area contributed by atoms with Crippen molar-refractivity contribution < 1.29 is 0 Å². The van der Waals surface area contributed by atoms with Crippen LogP contribution in [0.4, 0.5) is 0 Å². The SMILES string of the molecule is CCCNC(C)(C#N)CCCCSc1ccccc1Br. The number of nitrogens with one attached hydrogen (secondary N) is 1. The molecule has 1 N–H and O–H groups in total. The molecule has 1 rings (SSSR count). The Kier molecular flexibility index (Phi) is 8.28. The van der Waals surface area contributed by atoms with Gasteiger partial charge in [0.15, 0.2) is 0 Å². The Morgan fingerprint density at radius 1 is 1.35 bits per heavy atom. The van der Waals surface area contributed by atoms with Gasteiger partial charge in [0.05, 0.1) is 6.07 Å². The number of halogens is 1. The average molecular weight is 355 g/mol. The summed E-state index contributed by atoms with van der Waals surface area (Å²) in [6, 6.07) is 10.7. The molecule has 110 valence electrons. The topological polar surface area (TPSA) is 35.8 Å². The van der Waals surface area contributed by atoms with Gasteiger partial charge in [-0.3, -0.25) is 5.32 Å². The van der Waals surface area contributed by atoms with Gasteiger partial charge in [0, 0.05) is 9.37 Å². The molecule has 0 radical (unpaired) electrons. The van der Waals surface area contributed by atoms with Crippen LogP contribution < -0.4 is 5.32 Å². The van der Waals surface area contributed by atoms with Crippen molar-refractivity contribution in [2.75, 3.05) is 12.3 Å². The first-order valence-corrected chi connectivity index (χ1v) is 8.93. The van der Waals surface area contributed by atoms with Gasteiger partial charge in [-0.15, -0.1) is 11.8 Å². The van der Waals surface area contributed by atoms with Crippen LogP contribution in [-0.4, -0.2) is 17.8 Å². The van der Waals surface area contributed by atoms with E-state index in [0.717, 1.165) is 42.5 Å². The van der Waals surface area contributed by atoms with Crippen molar-refractivity contribution >= 4 is 27.7 Å². The van der Waals surface area contributed by atoms with Crippen LogP contribution in [-0.2, 0) is 0 Å². The number of nitriles is 1. The molecule has 0 spiro atoms. The number of benzene rings is 1. The van der Waals surface area contributed by atoms with E-state index in [1.165, 1.54) is 4.90 Å². The van der Waals surface area contributed by atoms with Crippen molar-refractivity contribution in [1.82, 2.24) is 5.32 Å². The summed E-state index contributed by atoms with van der Waals surface area (Å²) in [5.41, 5.74) is -0.367. The molecular formula is C16H23BrN2S. The average Bonchev–Trinajstić information content (AvgIpc) is 2.46. The largest absolute Gasteiger partial charge is 0.300 e. The van der Waals surface area contributed by atoms with Gasteiger partial charge in [-0.1, -0.05) is 19.1 Å². The second kappa shape index (κ2) is 9.44. The molecule has 1 aromatic carbocycles. The van der Waals surface area contributed by atoms with Crippen molar-refractivity contribution in [1.29, 1.82) is 5.26 Å². The maximum Gasteiger partial charge on any atom is 0.103 e. The molecule has 1 atom stereocenters. The van der Waals surface area contributed by atoms with E-state index < -0.39 is 0 Å². The lowest BCUT2D eigenvalue weighted by Gasteiger charge is -2.22. The minimum Gasteiger partial charge on any atom is -0.300 e. The maximum atomic E-state index is 9.26. The van der Waals surface area contributed by atoms with E-state index in [2.05, 4.69) is 52.4 Å². The van der Waals surface area contributed by atoms with Gasteiger partial charge in [0.25, 0.3) is 0 Å². The molecule has 20 heavy (non-hydrogen) atoms. The predicted molar refractivity (Wildman–Crippen MR) is 91.0 cm³/mol. The lowest BCUT2D eigenvalue weighted by Crippen LogP contribution is -2.41. The van der Waals surface area contributed by atoms with Gasteiger partial charge in [0.2, 0.25) is 0 Å². The van der Waals surface area contributed by atoms with Crippen LogP contribution in [0.5, 0.6) is 0 Å². The molecule has 0 aromatic heterocycles. The molecule has 4 heteroatoms. The number of hydrogen-bond donors (Lipinski definition) is 1. The molecule has 2 nitrogen and oxygen atoms in total. The molecule has 0 amide bonds. The minimum absolute atomic E-state index is 0.367. The van der Waals surface area contributed by atoms with Crippen molar-refractivity contribution in [2.24, 2.45) is 0 Å². The van der Waals surface area contributed by atoms with Gasteiger partial charge < -0.3 is 0 Å². The normalized spacial score (nSPS) is 13.7. The fourth-order valence-electron chi connectivity index (χ4n) is 1.91. The molecule has 0 bridgehead atoms. The van der Waals surface area contributed by atoms with E-state index in [1.807, 2.05) is 24.8 Å². The third-order valence-electron chi connectivity index (χ3n) is 3.18. The summed E-state index contributed by atoms with van der Waals surface area (Å²) in [6.45, 7) is 5.04. The number of hydrogen-bond acceptors (Lipinski definition) is 3.